The number of fused-ring (bicyclic) bond motifs is 2. The molecule has 24 heavy (non-hydrogen) atoms. The number of aromatic nitrogens is 1. The number of anilines is 2. The maximum absolute atomic E-state index is 12.4. The van der Waals surface area contributed by atoms with Crippen molar-refractivity contribution in [2.75, 3.05) is 16.4 Å². The number of hydrogen-bond donors (Lipinski definition) is 2. The lowest BCUT2D eigenvalue weighted by molar-refractivity contribution is -0.113. The Hall–Kier alpha value is -2.80. The van der Waals surface area contributed by atoms with Gasteiger partial charge in [-0.15, -0.1) is 11.8 Å². The zero-order valence-electron chi connectivity index (χ0n) is 12.8. The summed E-state index contributed by atoms with van der Waals surface area (Å²) in [6.07, 6.45) is 0. The van der Waals surface area contributed by atoms with E-state index in [1.54, 1.807) is 37.3 Å². The number of carbonyl (C=O) groups is 2. The van der Waals surface area contributed by atoms with E-state index in [9.17, 15) is 9.59 Å². The first kappa shape index (κ1) is 14.8. The third kappa shape index (κ3) is 2.74. The van der Waals surface area contributed by atoms with Gasteiger partial charge in [-0.05, 0) is 36.4 Å². The quantitative estimate of drug-likeness (QED) is 0.747. The third-order valence-corrected chi connectivity index (χ3v) is 4.70. The minimum Gasteiger partial charge on any atom is -0.441 e. The van der Waals surface area contributed by atoms with E-state index in [4.69, 9.17) is 4.42 Å². The molecule has 0 unspecified atom stereocenters. The second-order valence-corrected chi connectivity index (χ2v) is 6.43. The maximum atomic E-state index is 12.4. The highest BCUT2D eigenvalue weighted by molar-refractivity contribution is 8.00. The van der Waals surface area contributed by atoms with Gasteiger partial charge in [-0.3, -0.25) is 9.59 Å². The molecule has 0 saturated carbocycles. The Bertz CT molecular complexity index is 980. The van der Waals surface area contributed by atoms with E-state index in [1.165, 1.54) is 11.8 Å². The molecule has 3 aromatic rings. The lowest BCUT2D eigenvalue weighted by atomic mass is 10.1. The van der Waals surface area contributed by atoms with Gasteiger partial charge in [0.2, 0.25) is 5.91 Å². The fourth-order valence-corrected chi connectivity index (χ4v) is 3.34. The number of thioether (sulfide) groups is 1. The predicted molar refractivity (Wildman–Crippen MR) is 92.5 cm³/mol. The van der Waals surface area contributed by atoms with Crippen molar-refractivity contribution < 1.29 is 14.0 Å². The van der Waals surface area contributed by atoms with Gasteiger partial charge < -0.3 is 15.1 Å². The van der Waals surface area contributed by atoms with E-state index in [1.807, 2.05) is 6.07 Å². The summed E-state index contributed by atoms with van der Waals surface area (Å²) in [6.45, 7) is 1.78. The van der Waals surface area contributed by atoms with Crippen molar-refractivity contribution in [3.63, 3.8) is 0 Å². The van der Waals surface area contributed by atoms with Crippen molar-refractivity contribution in [2.24, 2.45) is 0 Å². The summed E-state index contributed by atoms with van der Waals surface area (Å²) in [6, 6.07) is 10.6. The summed E-state index contributed by atoms with van der Waals surface area (Å²) < 4.78 is 5.42. The summed E-state index contributed by atoms with van der Waals surface area (Å²) in [5, 5.41) is 5.62. The van der Waals surface area contributed by atoms with Crippen LogP contribution in [0.2, 0.25) is 0 Å². The molecule has 2 N–H and O–H groups in total. The van der Waals surface area contributed by atoms with Crippen molar-refractivity contribution in [1.82, 2.24) is 4.98 Å². The molecule has 1 aliphatic heterocycles. The molecule has 0 bridgehead atoms. The van der Waals surface area contributed by atoms with Crippen molar-refractivity contribution >= 4 is 46.1 Å². The predicted octanol–water partition coefficient (Wildman–Crippen LogP) is 3.43. The summed E-state index contributed by atoms with van der Waals surface area (Å²) in [5.41, 5.74) is 3.16. The number of carbonyl (C=O) groups excluding carboxylic acids is 2. The van der Waals surface area contributed by atoms with Gasteiger partial charge in [-0.25, -0.2) is 4.98 Å². The standard InChI is InChI=1S/C17H13N3O3S/c1-9-18-12-7-11(3-4-14(12)23-9)19-17(22)10-2-5-15-13(6-10)20-16(21)8-24-15/h2-7H,8H2,1H3,(H,19,22)(H,20,21). The average molecular weight is 339 g/mol. The number of aryl methyl sites for hydroxylation is 1. The number of nitrogens with one attached hydrogen (secondary N) is 2. The molecule has 2 aromatic carbocycles. The Labute approximate surface area is 141 Å². The van der Waals surface area contributed by atoms with Crippen LogP contribution in [0.3, 0.4) is 0 Å². The molecule has 2 heterocycles. The lowest BCUT2D eigenvalue weighted by Gasteiger charge is -2.16. The highest BCUT2D eigenvalue weighted by Crippen LogP contribution is 2.32. The smallest absolute Gasteiger partial charge is 0.255 e. The second-order valence-electron chi connectivity index (χ2n) is 5.42. The van der Waals surface area contributed by atoms with E-state index >= 15 is 0 Å². The molecule has 2 amide bonds. The van der Waals surface area contributed by atoms with E-state index < -0.39 is 0 Å². The van der Waals surface area contributed by atoms with Crippen LogP contribution >= 0.6 is 11.8 Å². The second kappa shape index (κ2) is 5.68. The Morgan fingerprint density at radius 3 is 3.04 bits per heavy atom. The Kier molecular flexibility index (Phi) is 3.50. The molecule has 0 atom stereocenters. The van der Waals surface area contributed by atoms with Crippen molar-refractivity contribution in [3.8, 4) is 0 Å². The first-order valence-electron chi connectivity index (χ1n) is 7.34. The third-order valence-electron chi connectivity index (χ3n) is 3.63. The number of rotatable bonds is 2. The molecular weight excluding hydrogens is 326 g/mol. The number of hydrogen-bond acceptors (Lipinski definition) is 5. The minimum absolute atomic E-state index is 0.0584. The van der Waals surface area contributed by atoms with Crippen LogP contribution in [-0.2, 0) is 4.79 Å². The lowest BCUT2D eigenvalue weighted by Crippen LogP contribution is -2.19. The van der Waals surface area contributed by atoms with Crippen LogP contribution in [-0.4, -0.2) is 22.6 Å². The minimum atomic E-state index is -0.248. The summed E-state index contributed by atoms with van der Waals surface area (Å²) in [5.74, 6) is 0.672. The van der Waals surface area contributed by atoms with Gasteiger partial charge in [0.25, 0.3) is 5.91 Å². The Balaban J connectivity index is 1.58. The van der Waals surface area contributed by atoms with Crippen molar-refractivity contribution in [1.29, 1.82) is 0 Å². The first-order chi connectivity index (χ1) is 11.6. The molecule has 1 aromatic heterocycles. The monoisotopic (exact) mass is 339 g/mol. The number of nitrogens with zero attached hydrogens (tertiary/aromatic N) is 1. The zero-order valence-corrected chi connectivity index (χ0v) is 13.6. The van der Waals surface area contributed by atoms with Crippen LogP contribution in [0.5, 0.6) is 0 Å². The van der Waals surface area contributed by atoms with Gasteiger partial charge in [-0.2, -0.15) is 0 Å². The van der Waals surface area contributed by atoms with Gasteiger partial charge >= 0.3 is 0 Å². The molecule has 0 radical (unpaired) electrons. The molecule has 6 nitrogen and oxygen atoms in total. The molecule has 0 spiro atoms. The molecular formula is C17H13N3O3S. The SMILES string of the molecule is Cc1nc2cc(NC(=O)c3ccc4c(c3)NC(=O)CS4)ccc2o1. The van der Waals surface area contributed by atoms with Gasteiger partial charge in [0.1, 0.15) is 5.52 Å². The first-order valence-corrected chi connectivity index (χ1v) is 8.32. The fraction of sp³-hybridized carbons (Fsp3) is 0.118. The number of amides is 2. The van der Waals surface area contributed by atoms with Crippen LogP contribution in [0.15, 0.2) is 45.7 Å². The molecule has 4 rings (SSSR count). The van der Waals surface area contributed by atoms with Crippen LogP contribution < -0.4 is 10.6 Å². The summed E-state index contributed by atoms with van der Waals surface area (Å²) in [7, 11) is 0. The zero-order chi connectivity index (χ0) is 16.7. The Morgan fingerprint density at radius 2 is 2.17 bits per heavy atom. The van der Waals surface area contributed by atoms with Crippen LogP contribution in [0.25, 0.3) is 11.1 Å². The summed E-state index contributed by atoms with van der Waals surface area (Å²) >= 11 is 1.46. The average Bonchev–Trinajstić information content (AvgIpc) is 2.93. The van der Waals surface area contributed by atoms with Crippen LogP contribution in [0.1, 0.15) is 16.2 Å². The fourth-order valence-electron chi connectivity index (χ4n) is 2.55. The molecule has 120 valence electrons. The van der Waals surface area contributed by atoms with Crippen LogP contribution in [0, 0.1) is 6.92 Å². The van der Waals surface area contributed by atoms with Gasteiger partial charge in [0.05, 0.1) is 11.4 Å². The molecule has 0 fully saturated rings. The largest absolute Gasteiger partial charge is 0.441 e. The van der Waals surface area contributed by atoms with E-state index in [-0.39, 0.29) is 11.8 Å². The number of benzene rings is 2. The van der Waals surface area contributed by atoms with Gasteiger partial charge in [0.15, 0.2) is 11.5 Å². The summed E-state index contributed by atoms with van der Waals surface area (Å²) in [4.78, 5) is 29.1. The van der Waals surface area contributed by atoms with E-state index in [0.29, 0.717) is 39.7 Å². The molecule has 1 aliphatic rings. The molecule has 7 heteroatoms. The van der Waals surface area contributed by atoms with Crippen molar-refractivity contribution in [2.45, 2.75) is 11.8 Å². The van der Waals surface area contributed by atoms with Gasteiger partial charge in [0, 0.05) is 23.1 Å². The highest BCUT2D eigenvalue weighted by Gasteiger charge is 2.17. The normalized spacial score (nSPS) is 13.5. The topological polar surface area (TPSA) is 84.2 Å². The van der Waals surface area contributed by atoms with Crippen molar-refractivity contribution in [3.05, 3.63) is 47.9 Å². The van der Waals surface area contributed by atoms with E-state index in [0.717, 1.165) is 4.90 Å². The Morgan fingerprint density at radius 1 is 1.29 bits per heavy atom. The van der Waals surface area contributed by atoms with E-state index in [2.05, 4.69) is 15.6 Å². The highest BCUT2D eigenvalue weighted by atomic mass is 32.2. The van der Waals surface area contributed by atoms with Crippen LogP contribution in [0.4, 0.5) is 11.4 Å². The molecule has 0 aliphatic carbocycles. The maximum Gasteiger partial charge on any atom is 0.255 e. The number of oxazole rings is 1. The molecule has 0 saturated heterocycles. The van der Waals surface area contributed by atoms with Gasteiger partial charge in [-0.1, -0.05) is 0 Å².